The van der Waals surface area contributed by atoms with Gasteiger partial charge >= 0.3 is 0 Å². The van der Waals surface area contributed by atoms with Crippen LogP contribution in [0.4, 0.5) is 5.82 Å². The summed E-state index contributed by atoms with van der Waals surface area (Å²) in [5, 5.41) is 9.21. The molecule has 0 bridgehead atoms. The zero-order valence-corrected chi connectivity index (χ0v) is 9.86. The standard InChI is InChI=1S/C10H17N5O2/c1-5(2)7-4-9(15-14-7)13-10(17)6(11)3-8(12)16/h4-6H,3,11H2,1-2H3,(H2,12,16)(H2,13,14,15,17). The van der Waals surface area contributed by atoms with Crippen LogP contribution in [0.15, 0.2) is 6.07 Å². The normalized spacial score (nSPS) is 12.5. The number of primary amides is 1. The molecule has 7 nitrogen and oxygen atoms in total. The molecule has 0 aliphatic rings. The van der Waals surface area contributed by atoms with E-state index in [1.54, 1.807) is 6.07 Å². The number of carbonyl (C=O) groups is 2. The van der Waals surface area contributed by atoms with Gasteiger partial charge in [-0.05, 0) is 5.92 Å². The highest BCUT2D eigenvalue weighted by Crippen LogP contribution is 2.14. The minimum Gasteiger partial charge on any atom is -0.370 e. The summed E-state index contributed by atoms with van der Waals surface area (Å²) in [5.74, 6) is -0.422. The third kappa shape index (κ3) is 3.87. The lowest BCUT2D eigenvalue weighted by molar-refractivity contribution is -0.123. The van der Waals surface area contributed by atoms with Crippen molar-refractivity contribution in [2.24, 2.45) is 11.5 Å². The minimum absolute atomic E-state index is 0.187. The molecular weight excluding hydrogens is 222 g/mol. The highest BCUT2D eigenvalue weighted by Gasteiger charge is 2.17. The molecule has 7 heteroatoms. The Morgan fingerprint density at radius 2 is 2.18 bits per heavy atom. The largest absolute Gasteiger partial charge is 0.370 e. The summed E-state index contributed by atoms with van der Waals surface area (Å²) < 4.78 is 0. The van der Waals surface area contributed by atoms with Gasteiger partial charge in [-0.25, -0.2) is 0 Å². The van der Waals surface area contributed by atoms with Crippen LogP contribution in [-0.4, -0.2) is 28.1 Å². The van der Waals surface area contributed by atoms with Gasteiger partial charge in [0.05, 0.1) is 12.5 Å². The first-order valence-corrected chi connectivity index (χ1v) is 5.30. The molecule has 1 heterocycles. The Bertz CT molecular complexity index is 413. The number of anilines is 1. The average Bonchev–Trinajstić information content (AvgIpc) is 2.65. The second kappa shape index (κ2) is 5.44. The number of nitrogens with zero attached hydrogens (tertiary/aromatic N) is 1. The molecule has 1 aromatic rings. The number of carbonyl (C=O) groups excluding carboxylic acids is 2. The zero-order chi connectivity index (χ0) is 13.0. The van der Waals surface area contributed by atoms with Crippen molar-refractivity contribution in [3.63, 3.8) is 0 Å². The minimum atomic E-state index is -0.952. The number of hydrogen-bond acceptors (Lipinski definition) is 4. The van der Waals surface area contributed by atoms with Crippen LogP contribution in [0.25, 0.3) is 0 Å². The van der Waals surface area contributed by atoms with Crippen molar-refractivity contribution in [1.82, 2.24) is 10.2 Å². The first-order valence-electron chi connectivity index (χ1n) is 5.30. The summed E-state index contributed by atoms with van der Waals surface area (Å²) in [6.45, 7) is 4.00. The third-order valence-electron chi connectivity index (χ3n) is 2.23. The summed E-state index contributed by atoms with van der Waals surface area (Å²) >= 11 is 0. The van der Waals surface area contributed by atoms with E-state index in [1.807, 2.05) is 13.8 Å². The monoisotopic (exact) mass is 239 g/mol. The van der Waals surface area contributed by atoms with Crippen molar-refractivity contribution in [1.29, 1.82) is 0 Å². The molecule has 0 fully saturated rings. The van der Waals surface area contributed by atoms with Crippen LogP contribution < -0.4 is 16.8 Å². The van der Waals surface area contributed by atoms with Gasteiger partial charge in [-0.2, -0.15) is 5.10 Å². The lowest BCUT2D eigenvalue weighted by Crippen LogP contribution is -2.39. The van der Waals surface area contributed by atoms with Gasteiger partial charge in [0, 0.05) is 11.8 Å². The van der Waals surface area contributed by atoms with E-state index in [2.05, 4.69) is 15.5 Å². The van der Waals surface area contributed by atoms with Gasteiger partial charge in [-0.15, -0.1) is 0 Å². The van der Waals surface area contributed by atoms with E-state index in [0.717, 1.165) is 5.69 Å². The van der Waals surface area contributed by atoms with Crippen molar-refractivity contribution >= 4 is 17.6 Å². The van der Waals surface area contributed by atoms with Crippen molar-refractivity contribution in [3.8, 4) is 0 Å². The fourth-order valence-electron chi connectivity index (χ4n) is 1.22. The maximum atomic E-state index is 11.5. The molecule has 0 radical (unpaired) electrons. The van der Waals surface area contributed by atoms with E-state index in [1.165, 1.54) is 0 Å². The maximum absolute atomic E-state index is 11.5. The van der Waals surface area contributed by atoms with E-state index in [-0.39, 0.29) is 12.3 Å². The molecule has 0 spiro atoms. The highest BCUT2D eigenvalue weighted by molar-refractivity contribution is 5.96. The summed E-state index contributed by atoms with van der Waals surface area (Å²) in [5.41, 5.74) is 11.3. The summed E-state index contributed by atoms with van der Waals surface area (Å²) in [6, 6.07) is 0.770. The molecule has 94 valence electrons. The molecule has 1 atom stereocenters. The number of amides is 2. The number of aromatic amines is 1. The van der Waals surface area contributed by atoms with Crippen LogP contribution in [0.5, 0.6) is 0 Å². The Morgan fingerprint density at radius 3 is 2.65 bits per heavy atom. The molecule has 6 N–H and O–H groups in total. The maximum Gasteiger partial charge on any atom is 0.243 e. The van der Waals surface area contributed by atoms with Gasteiger partial charge in [0.2, 0.25) is 11.8 Å². The van der Waals surface area contributed by atoms with E-state index >= 15 is 0 Å². The average molecular weight is 239 g/mol. The Morgan fingerprint density at radius 1 is 1.53 bits per heavy atom. The second-order valence-corrected chi connectivity index (χ2v) is 4.13. The van der Waals surface area contributed by atoms with Crippen LogP contribution in [0.1, 0.15) is 31.9 Å². The first-order chi connectivity index (χ1) is 7.90. The van der Waals surface area contributed by atoms with Gasteiger partial charge < -0.3 is 16.8 Å². The molecule has 17 heavy (non-hydrogen) atoms. The molecule has 0 saturated carbocycles. The van der Waals surface area contributed by atoms with Crippen molar-refractivity contribution in [2.75, 3.05) is 5.32 Å². The zero-order valence-electron chi connectivity index (χ0n) is 9.86. The predicted molar refractivity (Wildman–Crippen MR) is 63.1 cm³/mol. The summed E-state index contributed by atoms with van der Waals surface area (Å²) in [7, 11) is 0. The lowest BCUT2D eigenvalue weighted by atomic mass is 10.1. The molecule has 0 saturated heterocycles. The third-order valence-corrected chi connectivity index (χ3v) is 2.23. The Kier molecular flexibility index (Phi) is 4.22. The van der Waals surface area contributed by atoms with Crippen molar-refractivity contribution in [2.45, 2.75) is 32.2 Å². The van der Waals surface area contributed by atoms with Gasteiger partial charge in [0.15, 0.2) is 5.82 Å². The second-order valence-electron chi connectivity index (χ2n) is 4.13. The molecule has 0 aromatic carbocycles. The van der Waals surface area contributed by atoms with Gasteiger partial charge in [-0.3, -0.25) is 14.7 Å². The SMILES string of the molecule is CC(C)c1cc(NC(=O)C(N)CC(N)=O)n[nH]1. The van der Waals surface area contributed by atoms with Gasteiger partial charge in [-0.1, -0.05) is 13.8 Å². The molecule has 1 unspecified atom stereocenters. The van der Waals surface area contributed by atoms with Crippen molar-refractivity contribution < 1.29 is 9.59 Å². The molecule has 2 amide bonds. The number of rotatable bonds is 5. The van der Waals surface area contributed by atoms with Crippen LogP contribution in [0.2, 0.25) is 0 Å². The molecule has 1 aromatic heterocycles. The van der Waals surface area contributed by atoms with Crippen LogP contribution in [0.3, 0.4) is 0 Å². The van der Waals surface area contributed by atoms with Crippen LogP contribution in [-0.2, 0) is 9.59 Å². The number of aromatic nitrogens is 2. The Balaban J connectivity index is 2.58. The van der Waals surface area contributed by atoms with Gasteiger partial charge in [0.25, 0.3) is 0 Å². The van der Waals surface area contributed by atoms with E-state index in [9.17, 15) is 9.59 Å². The molecular formula is C10H17N5O2. The molecule has 0 aliphatic carbocycles. The number of hydrogen-bond donors (Lipinski definition) is 4. The van der Waals surface area contributed by atoms with Crippen LogP contribution in [0, 0.1) is 0 Å². The first kappa shape index (κ1) is 13.2. The molecule has 0 aliphatic heterocycles. The number of H-pyrrole nitrogens is 1. The highest BCUT2D eigenvalue weighted by atomic mass is 16.2. The summed E-state index contributed by atoms with van der Waals surface area (Å²) in [4.78, 5) is 22.1. The predicted octanol–water partition coefficient (Wildman–Crippen LogP) is -0.326. The molecule has 1 rings (SSSR count). The van der Waals surface area contributed by atoms with Crippen molar-refractivity contribution in [3.05, 3.63) is 11.8 Å². The Labute approximate surface area is 98.9 Å². The smallest absolute Gasteiger partial charge is 0.243 e. The number of nitrogens with two attached hydrogens (primary N) is 2. The Hall–Kier alpha value is -1.89. The fourth-order valence-corrected chi connectivity index (χ4v) is 1.22. The number of nitrogens with one attached hydrogen (secondary N) is 2. The quantitative estimate of drug-likeness (QED) is 0.561. The van der Waals surface area contributed by atoms with Crippen LogP contribution >= 0.6 is 0 Å². The van der Waals surface area contributed by atoms with E-state index < -0.39 is 17.9 Å². The summed E-state index contributed by atoms with van der Waals surface area (Å²) in [6.07, 6.45) is -0.187. The van der Waals surface area contributed by atoms with E-state index in [4.69, 9.17) is 11.5 Å². The topological polar surface area (TPSA) is 127 Å². The van der Waals surface area contributed by atoms with Gasteiger partial charge in [0.1, 0.15) is 0 Å². The van der Waals surface area contributed by atoms with E-state index in [0.29, 0.717) is 5.82 Å². The lowest BCUT2D eigenvalue weighted by Gasteiger charge is -2.08. The fraction of sp³-hybridized carbons (Fsp3) is 0.500.